The van der Waals surface area contributed by atoms with Gasteiger partial charge in [0.05, 0.1) is 42.1 Å². The molecule has 0 radical (unpaired) electrons. The van der Waals surface area contributed by atoms with Crippen molar-refractivity contribution in [1.29, 1.82) is 0 Å². The molecule has 0 saturated carbocycles. The van der Waals surface area contributed by atoms with Crippen LogP contribution in [0.25, 0.3) is 0 Å². The average Bonchev–Trinajstić information content (AvgIpc) is 3.53. The fourth-order valence-corrected chi connectivity index (χ4v) is 8.04. The van der Waals surface area contributed by atoms with E-state index >= 15 is 0 Å². The number of H-pyrrole nitrogens is 1. The summed E-state index contributed by atoms with van der Waals surface area (Å²) < 4.78 is 56.3. The largest absolute Gasteiger partial charge is 0.497 e. The van der Waals surface area contributed by atoms with Gasteiger partial charge in [0.25, 0.3) is 5.91 Å². The molecular weight excluding hydrogens is 647 g/mol. The number of aromatic nitrogens is 1. The summed E-state index contributed by atoms with van der Waals surface area (Å²) in [5.74, 6) is -2.38. The van der Waals surface area contributed by atoms with Gasteiger partial charge in [-0.3, -0.25) is 19.2 Å². The first-order valence-corrected chi connectivity index (χ1v) is 15.4. The number of anilines is 2. The van der Waals surface area contributed by atoms with Gasteiger partial charge in [-0.05, 0) is 54.1 Å². The monoisotopic (exact) mass is 671 g/mol. The molecule has 1 saturated heterocycles. The zero-order valence-corrected chi connectivity index (χ0v) is 25.7. The number of carbonyl (C=O) groups is 3. The van der Waals surface area contributed by atoms with Gasteiger partial charge in [-0.1, -0.05) is 41.3 Å². The Bertz CT molecular complexity index is 1890. The van der Waals surface area contributed by atoms with E-state index in [-0.39, 0.29) is 16.4 Å². The summed E-state index contributed by atoms with van der Waals surface area (Å²) in [6.07, 6.45) is -4.66. The molecule has 3 aromatic carbocycles. The van der Waals surface area contributed by atoms with Crippen molar-refractivity contribution in [2.75, 3.05) is 31.0 Å². The standard InChI is InChI=1S/C31H24F3N3O7S2/c1-42-17-10-8-16(9-11-17)37-28(39)24-23(25-27(36-30(41)46-25)45-26(24)29(37)40)15-7-12-20(21(13-15)43-2)44-14-22(38)35-19-6-4-3-5-18(19)31(32,33)34/h3-13,23-24,26H,14H2,1-2H3,(H,35,38)(H,36,41)/t23-,24?,26?/m1/s1. The lowest BCUT2D eigenvalue weighted by atomic mass is 9.83. The van der Waals surface area contributed by atoms with Crippen molar-refractivity contribution in [2.45, 2.75) is 22.4 Å². The van der Waals surface area contributed by atoms with Gasteiger partial charge in [0.1, 0.15) is 11.0 Å². The molecule has 0 bridgehead atoms. The predicted molar refractivity (Wildman–Crippen MR) is 164 cm³/mol. The minimum absolute atomic E-state index is 0.114. The van der Waals surface area contributed by atoms with Crippen molar-refractivity contribution in [3.05, 3.63) is 92.4 Å². The Labute approximate surface area is 267 Å². The molecule has 0 aliphatic carbocycles. The van der Waals surface area contributed by atoms with E-state index in [0.717, 1.165) is 40.1 Å². The van der Waals surface area contributed by atoms with Gasteiger partial charge in [0.15, 0.2) is 18.1 Å². The van der Waals surface area contributed by atoms with E-state index in [2.05, 4.69) is 10.3 Å². The van der Waals surface area contributed by atoms with Gasteiger partial charge in [0.2, 0.25) is 11.8 Å². The number of alkyl halides is 3. The Morgan fingerprint density at radius 2 is 1.70 bits per heavy atom. The fraction of sp³-hybridized carbons (Fsp3) is 0.226. The number of carbonyl (C=O) groups excluding carboxylic acids is 3. The molecule has 2 unspecified atom stereocenters. The number of halogens is 3. The number of thiazole rings is 1. The van der Waals surface area contributed by atoms with E-state index in [1.165, 1.54) is 32.4 Å². The van der Waals surface area contributed by atoms with Crippen LogP contribution >= 0.6 is 23.1 Å². The topological polar surface area (TPSA) is 127 Å². The van der Waals surface area contributed by atoms with Crippen molar-refractivity contribution in [2.24, 2.45) is 5.92 Å². The van der Waals surface area contributed by atoms with Crippen LogP contribution < -0.4 is 29.3 Å². The molecule has 10 nitrogen and oxygen atoms in total. The molecular formula is C31H24F3N3O7S2. The van der Waals surface area contributed by atoms with E-state index < -0.39 is 58.8 Å². The second-order valence-corrected chi connectivity index (χ2v) is 12.4. The summed E-state index contributed by atoms with van der Waals surface area (Å²) >= 11 is 2.09. The number of para-hydroxylation sites is 1. The Balaban J connectivity index is 1.27. The van der Waals surface area contributed by atoms with Crippen LogP contribution in [-0.4, -0.2) is 48.8 Å². The van der Waals surface area contributed by atoms with Crippen LogP contribution in [0.2, 0.25) is 0 Å². The zero-order chi connectivity index (χ0) is 32.7. The number of hydrogen-bond donors (Lipinski definition) is 2. The smallest absolute Gasteiger partial charge is 0.418 e. The Morgan fingerprint density at radius 3 is 2.39 bits per heavy atom. The second-order valence-electron chi connectivity index (χ2n) is 10.3. The number of aromatic amines is 1. The third kappa shape index (κ3) is 5.71. The van der Waals surface area contributed by atoms with E-state index in [1.54, 1.807) is 36.4 Å². The van der Waals surface area contributed by atoms with Crippen LogP contribution in [0.15, 0.2) is 76.6 Å². The van der Waals surface area contributed by atoms with Crippen LogP contribution in [0.5, 0.6) is 17.2 Å². The van der Waals surface area contributed by atoms with Gasteiger partial charge in [-0.2, -0.15) is 13.2 Å². The molecule has 4 aromatic rings. The minimum Gasteiger partial charge on any atom is -0.497 e. The number of nitrogens with one attached hydrogen (secondary N) is 2. The van der Waals surface area contributed by atoms with Crippen LogP contribution in [-0.2, 0) is 20.6 Å². The Hall–Kier alpha value is -4.76. The Morgan fingerprint density at radius 1 is 0.957 bits per heavy atom. The molecule has 1 aromatic heterocycles. The molecule has 3 heterocycles. The molecule has 15 heteroatoms. The maximum absolute atomic E-state index is 13.9. The number of imide groups is 1. The molecule has 3 amide bonds. The minimum atomic E-state index is -4.66. The number of benzene rings is 3. The highest BCUT2D eigenvalue weighted by Crippen LogP contribution is 2.54. The number of thioether (sulfide) groups is 1. The molecule has 0 spiro atoms. The first-order valence-electron chi connectivity index (χ1n) is 13.7. The summed E-state index contributed by atoms with van der Waals surface area (Å²) in [7, 11) is 2.87. The zero-order valence-electron chi connectivity index (χ0n) is 24.0. The first-order chi connectivity index (χ1) is 22.0. The molecule has 6 rings (SSSR count). The number of amides is 3. The molecule has 2 aliphatic rings. The van der Waals surface area contributed by atoms with E-state index in [0.29, 0.717) is 26.9 Å². The number of fused-ring (bicyclic) bond motifs is 2. The van der Waals surface area contributed by atoms with Crippen molar-refractivity contribution < 1.29 is 41.8 Å². The highest BCUT2D eigenvalue weighted by molar-refractivity contribution is 8.00. The normalized spacial score (nSPS) is 19.0. The maximum atomic E-state index is 13.9. The summed E-state index contributed by atoms with van der Waals surface area (Å²) in [6.45, 7) is -0.625. The summed E-state index contributed by atoms with van der Waals surface area (Å²) in [4.78, 5) is 56.7. The lowest BCUT2D eigenvalue weighted by Gasteiger charge is -2.30. The lowest BCUT2D eigenvalue weighted by molar-refractivity contribution is -0.137. The molecule has 1 fully saturated rings. The molecule has 3 atom stereocenters. The lowest BCUT2D eigenvalue weighted by Crippen LogP contribution is -2.32. The highest BCUT2D eigenvalue weighted by atomic mass is 32.2. The fourth-order valence-electron chi connectivity index (χ4n) is 5.53. The third-order valence-corrected chi connectivity index (χ3v) is 9.97. The van der Waals surface area contributed by atoms with Crippen LogP contribution in [0.4, 0.5) is 24.5 Å². The maximum Gasteiger partial charge on any atom is 0.418 e. The van der Waals surface area contributed by atoms with Gasteiger partial charge in [-0.15, -0.1) is 0 Å². The average molecular weight is 672 g/mol. The van der Waals surface area contributed by atoms with E-state index in [4.69, 9.17) is 14.2 Å². The van der Waals surface area contributed by atoms with Gasteiger partial charge >= 0.3 is 11.0 Å². The van der Waals surface area contributed by atoms with E-state index in [9.17, 15) is 32.3 Å². The SMILES string of the molecule is COc1ccc(N2C(=O)C3Sc4[nH]c(=O)sc4[C@H](c4ccc(OCC(=O)Nc5ccccc5C(F)(F)F)c(OC)c4)C3C2=O)cc1. The first kappa shape index (κ1) is 31.2. The second kappa shape index (κ2) is 12.2. The van der Waals surface area contributed by atoms with Crippen LogP contribution in [0.3, 0.4) is 0 Å². The quantitative estimate of drug-likeness (QED) is 0.242. The van der Waals surface area contributed by atoms with Crippen LogP contribution in [0.1, 0.15) is 21.9 Å². The molecule has 2 N–H and O–H groups in total. The number of rotatable bonds is 8. The summed E-state index contributed by atoms with van der Waals surface area (Å²) in [5.41, 5.74) is -0.460. The van der Waals surface area contributed by atoms with Crippen LogP contribution in [0, 0.1) is 5.92 Å². The van der Waals surface area contributed by atoms with Gasteiger partial charge in [0, 0.05) is 10.8 Å². The van der Waals surface area contributed by atoms with Crippen molar-refractivity contribution in [3.8, 4) is 17.2 Å². The molecule has 2 aliphatic heterocycles. The van der Waals surface area contributed by atoms with Crippen molar-refractivity contribution in [1.82, 2.24) is 4.98 Å². The Kier molecular flexibility index (Phi) is 8.29. The number of nitrogens with zero attached hydrogens (tertiary/aromatic N) is 1. The summed E-state index contributed by atoms with van der Waals surface area (Å²) in [5, 5.41) is 1.90. The highest BCUT2D eigenvalue weighted by Gasteiger charge is 2.56. The number of ether oxygens (including phenoxy) is 3. The van der Waals surface area contributed by atoms with Gasteiger partial charge in [-0.25, -0.2) is 4.90 Å². The predicted octanol–water partition coefficient (Wildman–Crippen LogP) is 5.29. The number of methoxy groups -OCH3 is 2. The number of hydrogen-bond acceptors (Lipinski definition) is 9. The summed E-state index contributed by atoms with van der Waals surface area (Å²) in [6, 6.07) is 15.8. The molecule has 46 heavy (non-hydrogen) atoms. The van der Waals surface area contributed by atoms with Crippen molar-refractivity contribution >= 4 is 52.2 Å². The van der Waals surface area contributed by atoms with E-state index in [1.807, 2.05) is 0 Å². The molecule has 238 valence electrons. The van der Waals surface area contributed by atoms with Gasteiger partial charge < -0.3 is 24.5 Å². The van der Waals surface area contributed by atoms with Crippen molar-refractivity contribution in [3.63, 3.8) is 0 Å². The third-order valence-electron chi connectivity index (χ3n) is 7.57.